The van der Waals surface area contributed by atoms with Crippen molar-refractivity contribution in [3.05, 3.63) is 51.2 Å². The summed E-state index contributed by atoms with van der Waals surface area (Å²) in [7, 11) is 0. The Labute approximate surface area is 144 Å². The van der Waals surface area contributed by atoms with E-state index in [9.17, 15) is 9.59 Å². The van der Waals surface area contributed by atoms with Gasteiger partial charge in [0.2, 0.25) is 0 Å². The molecule has 0 unspecified atom stereocenters. The number of hydrogen-bond acceptors (Lipinski definition) is 4. The maximum Gasteiger partial charge on any atom is 0.264 e. The van der Waals surface area contributed by atoms with Crippen molar-refractivity contribution in [2.24, 2.45) is 0 Å². The average molecular weight is 349 g/mol. The van der Waals surface area contributed by atoms with Crippen molar-refractivity contribution >= 4 is 40.3 Å². The molecular weight excluding hydrogens is 332 g/mol. The van der Waals surface area contributed by atoms with Crippen LogP contribution >= 0.6 is 22.9 Å². The summed E-state index contributed by atoms with van der Waals surface area (Å²) in [5.74, 6) is -0.00102. The fourth-order valence-electron chi connectivity index (χ4n) is 2.66. The van der Waals surface area contributed by atoms with Crippen LogP contribution in [0.4, 0.5) is 5.69 Å². The molecule has 1 aromatic carbocycles. The van der Waals surface area contributed by atoms with Crippen molar-refractivity contribution in [2.75, 3.05) is 31.1 Å². The lowest BCUT2D eigenvalue weighted by atomic mass is 10.2. The van der Waals surface area contributed by atoms with E-state index in [2.05, 4.69) is 4.90 Å². The molecule has 2 heterocycles. The molecule has 0 radical (unpaired) electrons. The molecule has 2 aromatic rings. The number of rotatable bonds is 3. The number of halogens is 1. The third-order valence-corrected chi connectivity index (χ3v) is 5.42. The molecule has 0 spiro atoms. The lowest BCUT2D eigenvalue weighted by molar-refractivity contribution is 0.0751. The van der Waals surface area contributed by atoms with E-state index in [4.69, 9.17) is 11.6 Å². The molecular formula is C17H17ClN2O2S. The Morgan fingerprint density at radius 2 is 1.65 bits per heavy atom. The van der Waals surface area contributed by atoms with Crippen LogP contribution in [0.3, 0.4) is 0 Å². The maximum absolute atomic E-state index is 12.5. The molecule has 1 fully saturated rings. The van der Waals surface area contributed by atoms with Gasteiger partial charge >= 0.3 is 0 Å². The molecule has 120 valence electrons. The van der Waals surface area contributed by atoms with Gasteiger partial charge in [0.25, 0.3) is 5.91 Å². The fourth-order valence-corrected chi connectivity index (χ4v) is 3.78. The lowest BCUT2D eigenvalue weighted by Crippen LogP contribution is -2.48. The number of nitrogens with zero attached hydrogens (tertiary/aromatic N) is 2. The van der Waals surface area contributed by atoms with Gasteiger partial charge in [-0.3, -0.25) is 9.59 Å². The number of hydrogen-bond donors (Lipinski definition) is 0. The van der Waals surface area contributed by atoms with Gasteiger partial charge in [-0.25, -0.2) is 0 Å². The Morgan fingerprint density at radius 1 is 1.00 bits per heavy atom. The third kappa shape index (κ3) is 3.41. The van der Waals surface area contributed by atoms with Gasteiger partial charge in [-0.2, -0.15) is 0 Å². The van der Waals surface area contributed by atoms with Crippen molar-refractivity contribution in [1.29, 1.82) is 0 Å². The second kappa shape index (κ2) is 6.72. The highest BCUT2D eigenvalue weighted by Gasteiger charge is 2.24. The van der Waals surface area contributed by atoms with Gasteiger partial charge < -0.3 is 9.80 Å². The van der Waals surface area contributed by atoms with Gasteiger partial charge in [-0.15, -0.1) is 11.3 Å². The fraction of sp³-hybridized carbons (Fsp3) is 0.294. The van der Waals surface area contributed by atoms with Crippen molar-refractivity contribution in [1.82, 2.24) is 4.90 Å². The predicted octanol–water partition coefficient (Wildman–Crippen LogP) is 3.57. The van der Waals surface area contributed by atoms with E-state index in [1.807, 2.05) is 29.2 Å². The largest absolute Gasteiger partial charge is 0.367 e. The molecule has 4 nitrogen and oxygen atoms in total. The number of benzene rings is 1. The molecule has 6 heteroatoms. The van der Waals surface area contributed by atoms with Crippen LogP contribution in [-0.2, 0) is 0 Å². The van der Waals surface area contributed by atoms with Gasteiger partial charge in [-0.05, 0) is 31.2 Å². The van der Waals surface area contributed by atoms with Gasteiger partial charge in [0, 0.05) is 26.2 Å². The highest BCUT2D eigenvalue weighted by Crippen LogP contribution is 2.26. The number of carbonyl (C=O) groups is 2. The van der Waals surface area contributed by atoms with Gasteiger partial charge in [0.15, 0.2) is 5.78 Å². The zero-order valence-corrected chi connectivity index (χ0v) is 14.4. The molecule has 0 saturated carbocycles. The second-order valence-electron chi connectivity index (χ2n) is 5.45. The number of amides is 1. The SMILES string of the molecule is CC(=O)c1ccc(C(=O)N2CCN(c3ccccc3Cl)CC2)s1. The Hall–Kier alpha value is -1.85. The number of anilines is 1. The van der Waals surface area contributed by atoms with E-state index >= 15 is 0 Å². The topological polar surface area (TPSA) is 40.6 Å². The predicted molar refractivity (Wildman–Crippen MR) is 93.9 cm³/mol. The van der Waals surface area contributed by atoms with Gasteiger partial charge in [0.05, 0.1) is 20.5 Å². The number of para-hydroxylation sites is 1. The normalized spacial score (nSPS) is 14.9. The van der Waals surface area contributed by atoms with Crippen LogP contribution in [0.2, 0.25) is 5.02 Å². The summed E-state index contributed by atoms with van der Waals surface area (Å²) in [5.41, 5.74) is 1.01. The van der Waals surface area contributed by atoms with Gasteiger partial charge in [-0.1, -0.05) is 23.7 Å². The minimum Gasteiger partial charge on any atom is -0.367 e. The molecule has 23 heavy (non-hydrogen) atoms. The smallest absolute Gasteiger partial charge is 0.264 e. The molecule has 1 saturated heterocycles. The quantitative estimate of drug-likeness (QED) is 0.796. The van der Waals surface area contributed by atoms with Crippen LogP contribution in [0.15, 0.2) is 36.4 Å². The minimum absolute atomic E-state index is 0.00121. The molecule has 0 aliphatic carbocycles. The number of Topliss-reactive ketones (excluding diaryl/α,β-unsaturated/α-hetero) is 1. The van der Waals surface area contributed by atoms with E-state index in [0.29, 0.717) is 22.8 Å². The van der Waals surface area contributed by atoms with Crippen molar-refractivity contribution in [3.63, 3.8) is 0 Å². The maximum atomic E-state index is 12.5. The summed E-state index contributed by atoms with van der Waals surface area (Å²) in [4.78, 5) is 29.2. The van der Waals surface area contributed by atoms with E-state index in [1.54, 1.807) is 12.1 Å². The summed E-state index contributed by atoms with van der Waals surface area (Å²) >= 11 is 7.50. The Kier molecular flexibility index (Phi) is 4.68. The van der Waals surface area contributed by atoms with Crippen LogP contribution in [0.1, 0.15) is 26.3 Å². The summed E-state index contributed by atoms with van der Waals surface area (Å²) in [6, 6.07) is 11.2. The third-order valence-electron chi connectivity index (χ3n) is 3.92. The van der Waals surface area contributed by atoms with Gasteiger partial charge in [0.1, 0.15) is 0 Å². The highest BCUT2D eigenvalue weighted by molar-refractivity contribution is 7.15. The van der Waals surface area contributed by atoms with E-state index in [1.165, 1.54) is 18.3 Å². The molecule has 3 rings (SSSR count). The van der Waals surface area contributed by atoms with Crippen LogP contribution < -0.4 is 4.90 Å². The van der Waals surface area contributed by atoms with Crippen LogP contribution in [-0.4, -0.2) is 42.8 Å². The first-order valence-corrected chi connectivity index (χ1v) is 8.65. The summed E-state index contributed by atoms with van der Waals surface area (Å²) < 4.78 is 0. The molecule has 1 aliphatic rings. The first-order chi connectivity index (χ1) is 11.1. The highest BCUT2D eigenvalue weighted by atomic mass is 35.5. The number of thiophene rings is 1. The zero-order valence-electron chi connectivity index (χ0n) is 12.8. The van der Waals surface area contributed by atoms with Crippen LogP contribution in [0, 0.1) is 0 Å². The van der Waals surface area contributed by atoms with E-state index in [0.717, 1.165) is 23.8 Å². The Bertz CT molecular complexity index is 736. The van der Waals surface area contributed by atoms with Crippen molar-refractivity contribution in [3.8, 4) is 0 Å². The number of ketones is 1. The average Bonchev–Trinajstić information content (AvgIpc) is 3.05. The molecule has 0 N–H and O–H groups in total. The Morgan fingerprint density at radius 3 is 2.26 bits per heavy atom. The summed E-state index contributed by atoms with van der Waals surface area (Å²) in [6.07, 6.45) is 0. The first-order valence-electron chi connectivity index (χ1n) is 7.46. The first kappa shape index (κ1) is 16.0. The molecule has 1 aliphatic heterocycles. The number of carbonyl (C=O) groups excluding carboxylic acids is 2. The summed E-state index contributed by atoms with van der Waals surface area (Å²) in [5, 5.41) is 0.733. The number of piperazine rings is 1. The standard InChI is InChI=1S/C17H17ClN2O2S/c1-12(21)15-6-7-16(23-15)17(22)20-10-8-19(9-11-20)14-5-3-2-4-13(14)18/h2-7H,8-11H2,1H3. The van der Waals surface area contributed by atoms with Crippen LogP contribution in [0.5, 0.6) is 0 Å². The van der Waals surface area contributed by atoms with Crippen LogP contribution in [0.25, 0.3) is 0 Å². The molecule has 1 amide bonds. The molecule has 1 aromatic heterocycles. The summed E-state index contributed by atoms with van der Waals surface area (Å²) in [6.45, 7) is 4.32. The van der Waals surface area contributed by atoms with E-state index < -0.39 is 0 Å². The van der Waals surface area contributed by atoms with E-state index in [-0.39, 0.29) is 11.7 Å². The monoisotopic (exact) mass is 348 g/mol. The molecule has 0 atom stereocenters. The van der Waals surface area contributed by atoms with Crippen molar-refractivity contribution in [2.45, 2.75) is 6.92 Å². The Balaban J connectivity index is 1.65. The lowest BCUT2D eigenvalue weighted by Gasteiger charge is -2.36. The molecule has 0 bridgehead atoms. The minimum atomic E-state index is -0.00223. The second-order valence-corrected chi connectivity index (χ2v) is 6.94. The van der Waals surface area contributed by atoms with Crippen molar-refractivity contribution < 1.29 is 9.59 Å². The zero-order chi connectivity index (χ0) is 16.4.